The fourth-order valence-corrected chi connectivity index (χ4v) is 3.59. The molecule has 0 aliphatic rings. The van der Waals surface area contributed by atoms with Gasteiger partial charge in [0, 0.05) is 36.3 Å². The van der Waals surface area contributed by atoms with Crippen LogP contribution in [0.15, 0.2) is 45.7 Å². The number of hydrogen-bond donors (Lipinski definition) is 3. The number of nitrogens with zero attached hydrogens (tertiary/aromatic N) is 2. The van der Waals surface area contributed by atoms with Crippen LogP contribution in [0.25, 0.3) is 44.2 Å². The van der Waals surface area contributed by atoms with Crippen LogP contribution in [0.2, 0.25) is 0 Å². The van der Waals surface area contributed by atoms with Gasteiger partial charge in [0.1, 0.15) is 16.8 Å². The van der Waals surface area contributed by atoms with Gasteiger partial charge < -0.3 is 24.5 Å². The van der Waals surface area contributed by atoms with E-state index in [1.165, 1.54) is 13.2 Å². The van der Waals surface area contributed by atoms with Crippen molar-refractivity contribution in [1.82, 2.24) is 14.8 Å². The number of furan rings is 1. The van der Waals surface area contributed by atoms with Gasteiger partial charge in [-0.1, -0.05) is 6.07 Å². The van der Waals surface area contributed by atoms with Gasteiger partial charge in [-0.15, -0.1) is 0 Å². The van der Waals surface area contributed by atoms with Crippen LogP contribution in [-0.2, 0) is 7.05 Å². The maximum Gasteiger partial charge on any atom is 0.186 e. The monoisotopic (exact) mass is 377 g/mol. The van der Waals surface area contributed by atoms with Crippen LogP contribution in [0, 0.1) is 0 Å². The van der Waals surface area contributed by atoms with Gasteiger partial charge in [0.25, 0.3) is 0 Å². The molecule has 0 amide bonds. The molecule has 0 saturated heterocycles. The van der Waals surface area contributed by atoms with Gasteiger partial charge >= 0.3 is 0 Å². The summed E-state index contributed by atoms with van der Waals surface area (Å²) in [6.07, 6.45) is 1.78. The number of phenolic OH excluding ortho intramolecular Hbond substituents is 2. The molecule has 0 fully saturated rings. The zero-order valence-electron chi connectivity index (χ0n) is 15.0. The van der Waals surface area contributed by atoms with E-state index in [0.29, 0.717) is 39.0 Å². The first-order valence-electron chi connectivity index (χ1n) is 8.48. The molecular weight excluding hydrogens is 362 g/mol. The smallest absolute Gasteiger partial charge is 0.186 e. The van der Waals surface area contributed by atoms with E-state index in [9.17, 15) is 15.0 Å². The number of rotatable bonds is 2. The van der Waals surface area contributed by atoms with Gasteiger partial charge in [-0.3, -0.25) is 9.48 Å². The van der Waals surface area contributed by atoms with E-state index in [1.807, 2.05) is 7.05 Å². The second kappa shape index (κ2) is 5.53. The summed E-state index contributed by atoms with van der Waals surface area (Å²) in [5, 5.41) is 24.8. The number of fused-ring (bicyclic) bond motifs is 4. The molecule has 8 nitrogen and oxygen atoms in total. The number of pyridine rings is 1. The van der Waals surface area contributed by atoms with E-state index in [-0.39, 0.29) is 22.5 Å². The van der Waals surface area contributed by atoms with Gasteiger partial charge in [-0.05, 0) is 17.7 Å². The average molecular weight is 377 g/mol. The van der Waals surface area contributed by atoms with Crippen LogP contribution < -0.4 is 10.2 Å². The molecule has 3 N–H and O–H groups in total. The Morgan fingerprint density at radius 1 is 1.18 bits per heavy atom. The normalized spacial score (nSPS) is 11.6. The Kier molecular flexibility index (Phi) is 3.21. The van der Waals surface area contributed by atoms with Crippen molar-refractivity contribution >= 4 is 33.1 Å². The number of aromatic amines is 1. The Labute approximate surface area is 157 Å². The lowest BCUT2D eigenvalue weighted by Gasteiger charge is -2.08. The van der Waals surface area contributed by atoms with Gasteiger partial charge in [0.15, 0.2) is 28.2 Å². The van der Waals surface area contributed by atoms with Crippen molar-refractivity contribution in [3.8, 4) is 28.4 Å². The summed E-state index contributed by atoms with van der Waals surface area (Å²) in [5.74, 6) is 0.150. The lowest BCUT2D eigenvalue weighted by Crippen LogP contribution is -1.95. The lowest BCUT2D eigenvalue weighted by atomic mass is 10.0. The van der Waals surface area contributed by atoms with Gasteiger partial charge in [-0.25, -0.2) is 4.98 Å². The number of aryl methyl sites for hydroxylation is 1. The van der Waals surface area contributed by atoms with E-state index in [4.69, 9.17) is 9.15 Å². The highest BCUT2D eigenvalue weighted by atomic mass is 16.5. The first-order valence-corrected chi connectivity index (χ1v) is 8.48. The Morgan fingerprint density at radius 3 is 2.75 bits per heavy atom. The minimum Gasteiger partial charge on any atom is -0.507 e. The SMILES string of the molecule is COc1ccc(-c2c3c[nH]n(C)c3nc3c2oc2cc(=O)cc(O)c23)cc1O. The second-order valence-electron chi connectivity index (χ2n) is 6.54. The highest BCUT2D eigenvalue weighted by Crippen LogP contribution is 2.42. The van der Waals surface area contributed by atoms with Crippen LogP contribution in [0.1, 0.15) is 0 Å². The number of nitrogens with one attached hydrogen (secondary N) is 1. The lowest BCUT2D eigenvalue weighted by molar-refractivity contribution is 0.373. The number of hydrogen-bond acceptors (Lipinski definition) is 6. The standard InChI is InChI=1S/C20H15N3O5/c1-23-20-11(8-21-23)16(9-3-4-14(27-2)12(25)5-9)19-18(22-20)17-13(26)6-10(24)7-15(17)28-19/h3-8,21,25-26H,1-2H3. The molecule has 28 heavy (non-hydrogen) atoms. The summed E-state index contributed by atoms with van der Waals surface area (Å²) in [6, 6.07) is 7.49. The quantitative estimate of drug-likeness (QED) is 0.435. The summed E-state index contributed by atoms with van der Waals surface area (Å²) >= 11 is 0. The number of aromatic hydroxyl groups is 2. The first kappa shape index (κ1) is 16.2. The van der Waals surface area contributed by atoms with E-state index >= 15 is 0 Å². The number of H-pyrrole nitrogens is 1. The molecule has 0 spiro atoms. The summed E-state index contributed by atoms with van der Waals surface area (Å²) in [5.41, 5.74) is 2.73. The molecule has 0 radical (unpaired) electrons. The molecule has 0 atom stereocenters. The molecule has 0 unspecified atom stereocenters. The van der Waals surface area contributed by atoms with Crippen LogP contribution in [0.5, 0.6) is 17.2 Å². The minimum atomic E-state index is -0.356. The molecule has 0 bridgehead atoms. The van der Waals surface area contributed by atoms with Crippen LogP contribution in [-0.4, -0.2) is 32.1 Å². The van der Waals surface area contributed by atoms with E-state index in [1.54, 1.807) is 29.1 Å². The van der Waals surface area contributed by atoms with Crippen LogP contribution >= 0.6 is 0 Å². The summed E-state index contributed by atoms with van der Waals surface area (Å²) in [4.78, 5) is 16.4. The molecule has 0 aliphatic carbocycles. The van der Waals surface area contributed by atoms with Crippen LogP contribution in [0.3, 0.4) is 0 Å². The highest BCUT2D eigenvalue weighted by Gasteiger charge is 2.22. The molecule has 0 saturated carbocycles. The average Bonchev–Trinajstić information content (AvgIpc) is 3.20. The first-order chi connectivity index (χ1) is 13.5. The topological polar surface area (TPSA) is 114 Å². The Hall–Kier alpha value is -3.94. The Morgan fingerprint density at radius 2 is 2.00 bits per heavy atom. The summed E-state index contributed by atoms with van der Waals surface area (Å²) < 4.78 is 12.8. The maximum absolute atomic E-state index is 11.8. The number of ether oxygens (including phenoxy) is 1. The van der Waals surface area contributed by atoms with Crippen molar-refractivity contribution in [1.29, 1.82) is 0 Å². The molecule has 3 aromatic heterocycles. The number of phenols is 2. The highest BCUT2D eigenvalue weighted by molar-refractivity contribution is 6.15. The summed E-state index contributed by atoms with van der Waals surface area (Å²) in [6.45, 7) is 0. The third kappa shape index (κ3) is 2.11. The van der Waals surface area contributed by atoms with Crippen molar-refractivity contribution in [3.63, 3.8) is 0 Å². The molecule has 2 aromatic carbocycles. The van der Waals surface area contributed by atoms with Gasteiger partial charge in [-0.2, -0.15) is 0 Å². The zero-order valence-corrected chi connectivity index (χ0v) is 15.0. The third-order valence-corrected chi connectivity index (χ3v) is 4.86. The molecule has 0 aliphatic heterocycles. The molecule has 5 aromatic rings. The van der Waals surface area contributed by atoms with E-state index in [2.05, 4.69) is 10.1 Å². The van der Waals surface area contributed by atoms with Crippen LogP contribution in [0.4, 0.5) is 0 Å². The zero-order chi connectivity index (χ0) is 19.6. The molecule has 5 rings (SSSR count). The van der Waals surface area contributed by atoms with Crippen molar-refractivity contribution in [2.75, 3.05) is 7.11 Å². The Bertz CT molecular complexity index is 1460. The van der Waals surface area contributed by atoms with E-state index < -0.39 is 0 Å². The van der Waals surface area contributed by atoms with Crippen molar-refractivity contribution < 1.29 is 19.4 Å². The fraction of sp³-hybridized carbons (Fsp3) is 0.100. The largest absolute Gasteiger partial charge is 0.507 e. The fourth-order valence-electron chi connectivity index (χ4n) is 3.59. The Balaban J connectivity index is 1.99. The maximum atomic E-state index is 11.8. The molecule has 140 valence electrons. The predicted molar refractivity (Wildman–Crippen MR) is 104 cm³/mol. The third-order valence-electron chi connectivity index (χ3n) is 4.86. The summed E-state index contributed by atoms with van der Waals surface area (Å²) in [7, 11) is 3.29. The predicted octanol–water partition coefficient (Wildman–Crippen LogP) is 3.25. The number of aromatic nitrogens is 3. The van der Waals surface area contributed by atoms with Crippen molar-refractivity contribution in [2.45, 2.75) is 0 Å². The van der Waals surface area contributed by atoms with Gasteiger partial charge in [0.2, 0.25) is 0 Å². The van der Waals surface area contributed by atoms with Gasteiger partial charge in [0.05, 0.1) is 12.5 Å². The number of methoxy groups -OCH3 is 1. The number of benzene rings is 2. The molecule has 8 heteroatoms. The minimum absolute atomic E-state index is 0.0150. The second-order valence-corrected chi connectivity index (χ2v) is 6.54. The molecular formula is C20H15N3O5. The molecule has 3 heterocycles. The van der Waals surface area contributed by atoms with Crippen molar-refractivity contribution in [2.24, 2.45) is 7.05 Å². The van der Waals surface area contributed by atoms with Crippen molar-refractivity contribution in [3.05, 3.63) is 46.8 Å². The van der Waals surface area contributed by atoms with E-state index in [0.717, 1.165) is 11.5 Å².